The Labute approximate surface area is 159 Å². The summed E-state index contributed by atoms with van der Waals surface area (Å²) in [6, 6.07) is 3.44. The highest BCUT2D eigenvalue weighted by Gasteiger charge is 2.44. The molecule has 148 valence electrons. The van der Waals surface area contributed by atoms with Crippen LogP contribution in [-0.2, 0) is 24.1 Å². The number of ether oxygens (including phenoxy) is 1. The SMILES string of the molecule is CC(C(=O)N=S1(=O)CCC2(CC1)CN(C(=O)C1CC1)CCO2)c1ccco1. The molecule has 27 heavy (non-hydrogen) atoms. The monoisotopic (exact) mass is 394 g/mol. The summed E-state index contributed by atoms with van der Waals surface area (Å²) < 4.78 is 28.5. The smallest absolute Gasteiger partial charge is 0.264 e. The molecule has 0 radical (unpaired) electrons. The first-order chi connectivity index (χ1) is 12.9. The van der Waals surface area contributed by atoms with Crippen molar-refractivity contribution in [2.75, 3.05) is 31.2 Å². The van der Waals surface area contributed by atoms with E-state index in [-0.39, 0.29) is 11.8 Å². The zero-order valence-corrected chi connectivity index (χ0v) is 16.4. The second-order valence-electron chi connectivity index (χ2n) is 7.91. The van der Waals surface area contributed by atoms with Crippen molar-refractivity contribution in [3.63, 3.8) is 0 Å². The third kappa shape index (κ3) is 3.96. The van der Waals surface area contributed by atoms with E-state index in [4.69, 9.17) is 9.15 Å². The van der Waals surface area contributed by atoms with Crippen LogP contribution in [0.3, 0.4) is 0 Å². The van der Waals surface area contributed by atoms with Crippen LogP contribution in [0, 0.1) is 5.92 Å². The van der Waals surface area contributed by atoms with E-state index in [0.29, 0.717) is 49.8 Å². The summed E-state index contributed by atoms with van der Waals surface area (Å²) in [5.74, 6) is 0.681. The molecule has 2 aliphatic heterocycles. The topological polar surface area (TPSA) is 89.2 Å². The minimum Gasteiger partial charge on any atom is -0.469 e. The quantitative estimate of drug-likeness (QED) is 0.784. The van der Waals surface area contributed by atoms with Crippen molar-refractivity contribution in [2.45, 2.75) is 44.1 Å². The number of hydrogen-bond acceptors (Lipinski definition) is 5. The first kappa shape index (κ1) is 18.7. The lowest BCUT2D eigenvalue weighted by atomic mass is 9.94. The molecule has 1 aromatic heterocycles. The molecule has 1 aromatic rings. The second-order valence-corrected chi connectivity index (χ2v) is 10.5. The summed E-state index contributed by atoms with van der Waals surface area (Å²) in [5, 5.41) is 0. The Morgan fingerprint density at radius 3 is 2.70 bits per heavy atom. The fraction of sp³-hybridized carbons (Fsp3) is 0.684. The molecule has 1 unspecified atom stereocenters. The van der Waals surface area contributed by atoms with Gasteiger partial charge >= 0.3 is 0 Å². The van der Waals surface area contributed by atoms with Crippen molar-refractivity contribution in [1.29, 1.82) is 0 Å². The number of carbonyl (C=O) groups excluding carboxylic acids is 2. The van der Waals surface area contributed by atoms with Crippen LogP contribution in [0.1, 0.15) is 44.3 Å². The van der Waals surface area contributed by atoms with Gasteiger partial charge in [0.25, 0.3) is 5.91 Å². The van der Waals surface area contributed by atoms with Gasteiger partial charge in [0.2, 0.25) is 5.91 Å². The van der Waals surface area contributed by atoms with Gasteiger partial charge in [-0.3, -0.25) is 9.59 Å². The largest absolute Gasteiger partial charge is 0.469 e. The number of morpholine rings is 1. The van der Waals surface area contributed by atoms with E-state index in [1.807, 2.05) is 4.90 Å². The molecular weight excluding hydrogens is 368 g/mol. The standard InChI is InChI=1S/C19H26N2O5S/c1-14(16-3-2-9-25-16)17(22)20-27(24)11-6-19(7-12-27)13-21(8-10-26-19)18(23)15-4-5-15/h2-3,9,14-15H,4-8,10-13H2,1H3. The molecule has 1 atom stereocenters. The molecule has 8 heteroatoms. The van der Waals surface area contributed by atoms with E-state index in [1.165, 1.54) is 6.26 Å². The molecule has 3 heterocycles. The molecule has 2 amide bonds. The van der Waals surface area contributed by atoms with Gasteiger partial charge < -0.3 is 14.1 Å². The van der Waals surface area contributed by atoms with Gasteiger partial charge in [0.1, 0.15) is 5.76 Å². The Bertz CT molecular complexity index is 822. The third-order valence-electron chi connectivity index (χ3n) is 5.84. The first-order valence-corrected chi connectivity index (χ1v) is 11.5. The lowest BCUT2D eigenvalue weighted by molar-refractivity contribution is -0.153. The van der Waals surface area contributed by atoms with Gasteiger partial charge in [-0.15, -0.1) is 0 Å². The van der Waals surface area contributed by atoms with Gasteiger partial charge in [0.05, 0.1) is 34.1 Å². The minimum absolute atomic E-state index is 0.198. The summed E-state index contributed by atoms with van der Waals surface area (Å²) in [4.78, 5) is 26.7. The molecule has 0 bridgehead atoms. The van der Waals surface area contributed by atoms with Crippen LogP contribution < -0.4 is 0 Å². The van der Waals surface area contributed by atoms with E-state index >= 15 is 0 Å². The summed E-state index contributed by atoms with van der Waals surface area (Å²) in [6.07, 6.45) is 4.62. The molecule has 3 fully saturated rings. The van der Waals surface area contributed by atoms with Crippen LogP contribution in [0.4, 0.5) is 0 Å². The summed E-state index contributed by atoms with van der Waals surface area (Å²) in [7, 11) is -2.59. The van der Waals surface area contributed by atoms with E-state index in [0.717, 1.165) is 12.8 Å². The molecule has 1 saturated carbocycles. The number of rotatable bonds is 3. The summed E-state index contributed by atoms with van der Waals surface area (Å²) in [6.45, 7) is 3.43. The molecule has 3 aliphatic rings. The van der Waals surface area contributed by atoms with E-state index < -0.39 is 27.2 Å². The molecule has 1 spiro atoms. The van der Waals surface area contributed by atoms with Gasteiger partial charge in [-0.2, -0.15) is 4.36 Å². The average molecular weight is 394 g/mol. The molecular formula is C19H26N2O5S. The maximum absolute atomic E-state index is 13.1. The molecule has 0 aromatic carbocycles. The third-order valence-corrected chi connectivity index (χ3v) is 8.03. The fourth-order valence-corrected chi connectivity index (χ4v) is 6.09. The van der Waals surface area contributed by atoms with Crippen molar-refractivity contribution in [1.82, 2.24) is 4.90 Å². The zero-order chi connectivity index (χ0) is 19.1. The zero-order valence-electron chi connectivity index (χ0n) is 15.6. The molecule has 2 saturated heterocycles. The lowest BCUT2D eigenvalue weighted by Crippen LogP contribution is -2.56. The Balaban J connectivity index is 1.42. The van der Waals surface area contributed by atoms with Gasteiger partial charge in [-0.05, 0) is 44.7 Å². The summed E-state index contributed by atoms with van der Waals surface area (Å²) in [5.41, 5.74) is -0.436. The van der Waals surface area contributed by atoms with Gasteiger partial charge in [-0.25, -0.2) is 4.21 Å². The highest BCUT2D eigenvalue weighted by atomic mass is 32.2. The Morgan fingerprint density at radius 2 is 2.07 bits per heavy atom. The normalized spacial score (nSPS) is 32.3. The van der Waals surface area contributed by atoms with Crippen LogP contribution in [0.15, 0.2) is 27.2 Å². The van der Waals surface area contributed by atoms with Crippen LogP contribution in [0.2, 0.25) is 0 Å². The number of furan rings is 1. The first-order valence-electron chi connectivity index (χ1n) is 9.62. The van der Waals surface area contributed by atoms with Gasteiger partial charge in [0.15, 0.2) is 0 Å². The molecule has 4 rings (SSSR count). The van der Waals surface area contributed by atoms with Crippen molar-refractivity contribution < 1.29 is 23.0 Å². The van der Waals surface area contributed by atoms with Crippen LogP contribution >= 0.6 is 0 Å². The molecule has 0 N–H and O–H groups in total. The Hall–Kier alpha value is -1.67. The van der Waals surface area contributed by atoms with Crippen molar-refractivity contribution in [3.05, 3.63) is 24.2 Å². The van der Waals surface area contributed by atoms with Crippen molar-refractivity contribution >= 4 is 21.5 Å². The number of amides is 2. The lowest BCUT2D eigenvalue weighted by Gasteiger charge is -2.45. The number of hydrogen-bond donors (Lipinski definition) is 0. The minimum atomic E-state index is -2.59. The van der Waals surface area contributed by atoms with E-state index in [1.54, 1.807) is 19.1 Å². The Morgan fingerprint density at radius 1 is 1.33 bits per heavy atom. The van der Waals surface area contributed by atoms with Crippen LogP contribution in [0.5, 0.6) is 0 Å². The van der Waals surface area contributed by atoms with Gasteiger partial charge in [-0.1, -0.05) is 0 Å². The van der Waals surface area contributed by atoms with E-state index in [9.17, 15) is 13.8 Å². The Kier molecular flexibility index (Phi) is 4.88. The number of carbonyl (C=O) groups is 2. The van der Waals surface area contributed by atoms with E-state index in [2.05, 4.69) is 4.36 Å². The fourth-order valence-electron chi connectivity index (χ4n) is 3.84. The average Bonchev–Trinajstić information content (AvgIpc) is 3.37. The summed E-state index contributed by atoms with van der Waals surface area (Å²) >= 11 is 0. The van der Waals surface area contributed by atoms with Crippen LogP contribution in [-0.4, -0.2) is 57.7 Å². The predicted octanol–water partition coefficient (Wildman–Crippen LogP) is 2.18. The maximum atomic E-state index is 13.1. The maximum Gasteiger partial charge on any atom is 0.264 e. The second kappa shape index (κ2) is 7.05. The number of nitrogens with zero attached hydrogens (tertiary/aromatic N) is 2. The molecule has 7 nitrogen and oxygen atoms in total. The highest BCUT2D eigenvalue weighted by molar-refractivity contribution is 7.93. The highest BCUT2D eigenvalue weighted by Crippen LogP contribution is 2.36. The molecule has 1 aliphatic carbocycles. The van der Waals surface area contributed by atoms with Crippen molar-refractivity contribution in [3.8, 4) is 0 Å². The van der Waals surface area contributed by atoms with Gasteiger partial charge in [0, 0.05) is 30.5 Å². The van der Waals surface area contributed by atoms with Crippen molar-refractivity contribution in [2.24, 2.45) is 10.3 Å². The van der Waals surface area contributed by atoms with Crippen LogP contribution in [0.25, 0.3) is 0 Å². The predicted molar refractivity (Wildman–Crippen MR) is 99.7 cm³/mol.